The van der Waals surface area contributed by atoms with Crippen LogP contribution >= 0.6 is 11.6 Å². The van der Waals surface area contributed by atoms with Crippen LogP contribution in [0.3, 0.4) is 0 Å². The lowest BCUT2D eigenvalue weighted by molar-refractivity contribution is 0.102. The highest BCUT2D eigenvalue weighted by atomic mass is 35.5. The van der Waals surface area contributed by atoms with Gasteiger partial charge in [0, 0.05) is 10.7 Å². The van der Waals surface area contributed by atoms with Crippen LogP contribution in [-0.2, 0) is 0 Å². The molecule has 0 fully saturated rings. The second-order valence-electron chi connectivity index (χ2n) is 4.72. The molecule has 0 spiro atoms. The van der Waals surface area contributed by atoms with E-state index in [0.717, 1.165) is 5.69 Å². The van der Waals surface area contributed by atoms with E-state index >= 15 is 0 Å². The SMILES string of the molecule is Cc1nn(-c2ccccc2)nc1C(=O)Nc1ccc(Cl)cc1. The molecule has 0 radical (unpaired) electrons. The second-order valence-corrected chi connectivity index (χ2v) is 5.16. The minimum atomic E-state index is -0.304. The minimum absolute atomic E-state index is 0.291. The molecule has 1 N–H and O–H groups in total. The van der Waals surface area contributed by atoms with Crippen molar-refractivity contribution >= 4 is 23.2 Å². The second kappa shape index (κ2) is 5.99. The van der Waals surface area contributed by atoms with E-state index < -0.39 is 0 Å². The molecular formula is C16H13ClN4O. The zero-order chi connectivity index (χ0) is 15.5. The van der Waals surface area contributed by atoms with Crippen LogP contribution in [0.4, 0.5) is 5.69 Å². The Labute approximate surface area is 132 Å². The molecule has 6 heteroatoms. The molecule has 0 aliphatic carbocycles. The van der Waals surface area contributed by atoms with Crippen LogP contribution in [0.25, 0.3) is 5.69 Å². The van der Waals surface area contributed by atoms with Gasteiger partial charge in [0.05, 0.1) is 11.4 Å². The number of benzene rings is 2. The van der Waals surface area contributed by atoms with E-state index in [1.807, 2.05) is 30.3 Å². The lowest BCUT2D eigenvalue weighted by Gasteiger charge is -2.03. The minimum Gasteiger partial charge on any atom is -0.321 e. The summed E-state index contributed by atoms with van der Waals surface area (Å²) < 4.78 is 0. The number of aryl methyl sites for hydroxylation is 1. The molecule has 3 rings (SSSR count). The van der Waals surface area contributed by atoms with Gasteiger partial charge in [-0.3, -0.25) is 4.79 Å². The van der Waals surface area contributed by atoms with Crippen LogP contribution in [0.2, 0.25) is 5.02 Å². The van der Waals surface area contributed by atoms with Gasteiger partial charge >= 0.3 is 0 Å². The van der Waals surface area contributed by atoms with Crippen molar-refractivity contribution in [1.82, 2.24) is 15.0 Å². The highest BCUT2D eigenvalue weighted by molar-refractivity contribution is 6.30. The topological polar surface area (TPSA) is 59.8 Å². The summed E-state index contributed by atoms with van der Waals surface area (Å²) >= 11 is 5.82. The van der Waals surface area contributed by atoms with Gasteiger partial charge in [0.25, 0.3) is 5.91 Å². The number of nitrogens with zero attached hydrogens (tertiary/aromatic N) is 3. The molecule has 0 atom stereocenters. The Balaban J connectivity index is 1.84. The first-order valence-corrected chi connectivity index (χ1v) is 7.07. The smallest absolute Gasteiger partial charge is 0.278 e. The summed E-state index contributed by atoms with van der Waals surface area (Å²) in [5.74, 6) is -0.304. The van der Waals surface area contributed by atoms with Gasteiger partial charge in [-0.25, -0.2) is 0 Å². The molecule has 0 saturated heterocycles. The van der Waals surface area contributed by atoms with Crippen LogP contribution in [0, 0.1) is 6.92 Å². The first-order valence-electron chi connectivity index (χ1n) is 6.70. The van der Waals surface area contributed by atoms with Crippen molar-refractivity contribution in [3.05, 3.63) is 71.0 Å². The third-order valence-corrected chi connectivity index (χ3v) is 3.34. The molecule has 5 nitrogen and oxygen atoms in total. The molecule has 0 saturated carbocycles. The van der Waals surface area contributed by atoms with Gasteiger partial charge in [-0.15, -0.1) is 5.10 Å². The highest BCUT2D eigenvalue weighted by Gasteiger charge is 2.16. The molecule has 22 heavy (non-hydrogen) atoms. The van der Waals surface area contributed by atoms with Crippen LogP contribution in [-0.4, -0.2) is 20.9 Å². The van der Waals surface area contributed by atoms with Crippen molar-refractivity contribution in [2.75, 3.05) is 5.32 Å². The number of carbonyl (C=O) groups is 1. The lowest BCUT2D eigenvalue weighted by atomic mass is 10.3. The number of aromatic nitrogens is 3. The number of anilines is 1. The van der Waals surface area contributed by atoms with Gasteiger partial charge < -0.3 is 5.32 Å². The molecule has 2 aromatic carbocycles. The Hall–Kier alpha value is -2.66. The number of halogens is 1. The molecule has 1 heterocycles. The van der Waals surface area contributed by atoms with Crippen LogP contribution in [0.5, 0.6) is 0 Å². The summed E-state index contributed by atoms with van der Waals surface area (Å²) in [5.41, 5.74) is 2.31. The molecule has 0 aliphatic rings. The lowest BCUT2D eigenvalue weighted by Crippen LogP contribution is -2.14. The predicted molar refractivity (Wildman–Crippen MR) is 85.5 cm³/mol. The van der Waals surface area contributed by atoms with E-state index in [-0.39, 0.29) is 5.91 Å². The normalized spacial score (nSPS) is 10.5. The maximum atomic E-state index is 12.3. The van der Waals surface area contributed by atoms with Crippen molar-refractivity contribution in [1.29, 1.82) is 0 Å². The van der Waals surface area contributed by atoms with Crippen molar-refractivity contribution < 1.29 is 4.79 Å². The van der Waals surface area contributed by atoms with Crippen LogP contribution in [0.1, 0.15) is 16.2 Å². The van der Waals surface area contributed by atoms with E-state index in [4.69, 9.17) is 11.6 Å². The van der Waals surface area contributed by atoms with Gasteiger partial charge in [-0.1, -0.05) is 29.8 Å². The fourth-order valence-electron chi connectivity index (χ4n) is 1.99. The quantitative estimate of drug-likeness (QED) is 0.805. The third-order valence-electron chi connectivity index (χ3n) is 3.09. The largest absolute Gasteiger partial charge is 0.321 e. The molecule has 1 amide bonds. The summed E-state index contributed by atoms with van der Waals surface area (Å²) in [6.07, 6.45) is 0. The van der Waals surface area contributed by atoms with E-state index in [1.54, 1.807) is 31.2 Å². The number of carbonyl (C=O) groups excluding carboxylic acids is 1. The Morgan fingerprint density at radius 3 is 2.41 bits per heavy atom. The van der Waals surface area contributed by atoms with E-state index in [2.05, 4.69) is 15.5 Å². The summed E-state index contributed by atoms with van der Waals surface area (Å²) in [5, 5.41) is 11.9. The van der Waals surface area contributed by atoms with Crippen molar-refractivity contribution in [2.45, 2.75) is 6.92 Å². The molecule has 0 aliphatic heterocycles. The van der Waals surface area contributed by atoms with Gasteiger partial charge in [0.2, 0.25) is 0 Å². The molecular weight excluding hydrogens is 300 g/mol. The summed E-state index contributed by atoms with van der Waals surface area (Å²) in [6.45, 7) is 1.75. The first kappa shape index (κ1) is 14.3. The fourth-order valence-corrected chi connectivity index (χ4v) is 2.11. The Bertz CT molecular complexity index is 797. The standard InChI is InChI=1S/C16H13ClN4O/c1-11-15(16(22)18-13-9-7-12(17)8-10-13)20-21(19-11)14-5-3-2-4-6-14/h2-10H,1H3,(H,18,22). The van der Waals surface area contributed by atoms with Gasteiger partial charge in [-0.2, -0.15) is 9.90 Å². The van der Waals surface area contributed by atoms with Crippen molar-refractivity contribution in [2.24, 2.45) is 0 Å². The average Bonchev–Trinajstić information content (AvgIpc) is 2.92. The number of rotatable bonds is 3. The third kappa shape index (κ3) is 2.99. The summed E-state index contributed by atoms with van der Waals surface area (Å²) in [4.78, 5) is 13.8. The van der Waals surface area contributed by atoms with Crippen LogP contribution < -0.4 is 5.32 Å². The van der Waals surface area contributed by atoms with E-state index in [1.165, 1.54) is 4.80 Å². The number of hydrogen-bond donors (Lipinski definition) is 1. The van der Waals surface area contributed by atoms with E-state index in [0.29, 0.717) is 22.1 Å². The number of amides is 1. The van der Waals surface area contributed by atoms with Crippen molar-refractivity contribution in [3.8, 4) is 5.69 Å². The van der Waals surface area contributed by atoms with Gasteiger partial charge in [-0.05, 0) is 43.3 Å². The maximum absolute atomic E-state index is 12.3. The predicted octanol–water partition coefficient (Wildman–Crippen LogP) is 3.48. The molecule has 0 unspecified atom stereocenters. The Kier molecular flexibility index (Phi) is 3.89. The Morgan fingerprint density at radius 1 is 1.05 bits per heavy atom. The molecule has 110 valence electrons. The zero-order valence-corrected chi connectivity index (χ0v) is 12.6. The molecule has 0 bridgehead atoms. The van der Waals surface area contributed by atoms with E-state index in [9.17, 15) is 4.79 Å². The Morgan fingerprint density at radius 2 is 1.73 bits per heavy atom. The zero-order valence-electron chi connectivity index (χ0n) is 11.8. The number of para-hydroxylation sites is 1. The van der Waals surface area contributed by atoms with Gasteiger partial charge in [0.15, 0.2) is 5.69 Å². The van der Waals surface area contributed by atoms with Gasteiger partial charge in [0.1, 0.15) is 0 Å². The molecule has 3 aromatic rings. The molecule has 1 aromatic heterocycles. The van der Waals surface area contributed by atoms with Crippen LogP contribution in [0.15, 0.2) is 54.6 Å². The number of nitrogens with one attached hydrogen (secondary N) is 1. The first-order chi connectivity index (χ1) is 10.6. The number of hydrogen-bond acceptors (Lipinski definition) is 3. The average molecular weight is 313 g/mol. The summed E-state index contributed by atoms with van der Waals surface area (Å²) in [7, 11) is 0. The monoisotopic (exact) mass is 312 g/mol. The maximum Gasteiger partial charge on any atom is 0.278 e. The highest BCUT2D eigenvalue weighted by Crippen LogP contribution is 2.15. The summed E-state index contributed by atoms with van der Waals surface area (Å²) in [6, 6.07) is 16.3. The fraction of sp³-hybridized carbons (Fsp3) is 0.0625. The van der Waals surface area contributed by atoms with Crippen molar-refractivity contribution in [3.63, 3.8) is 0 Å².